The van der Waals surface area contributed by atoms with Crippen LogP contribution in [0.1, 0.15) is 26.4 Å². The normalized spacial score (nSPS) is 11.1. The molecule has 0 spiro atoms. The quantitative estimate of drug-likeness (QED) is 0.574. The third kappa shape index (κ3) is 5.13. The highest BCUT2D eigenvalue weighted by molar-refractivity contribution is 6.06. The molecule has 0 aliphatic carbocycles. The summed E-state index contributed by atoms with van der Waals surface area (Å²) in [7, 11) is 0. The lowest BCUT2D eigenvalue weighted by Gasteiger charge is -2.15. The molecule has 0 aliphatic rings. The van der Waals surface area contributed by atoms with Crippen LogP contribution in [-0.2, 0) is 6.18 Å². The molecule has 31 heavy (non-hydrogen) atoms. The molecule has 0 fully saturated rings. The van der Waals surface area contributed by atoms with Gasteiger partial charge in [0.05, 0.1) is 11.1 Å². The van der Waals surface area contributed by atoms with E-state index >= 15 is 0 Å². The SMILES string of the molecule is NC(=O)c1cc(NC(=O)c2cc(C(F)(F)F)ccc2Oc2ccc(F)cc2F)ccn1. The summed E-state index contributed by atoms with van der Waals surface area (Å²) in [4.78, 5) is 27.6. The maximum atomic E-state index is 13.9. The lowest BCUT2D eigenvalue weighted by atomic mass is 10.1. The molecular formula is C20H12F5N3O3. The number of hydrogen-bond acceptors (Lipinski definition) is 4. The molecule has 0 atom stereocenters. The van der Waals surface area contributed by atoms with Crippen molar-refractivity contribution in [3.05, 3.63) is 83.2 Å². The van der Waals surface area contributed by atoms with Crippen molar-refractivity contribution in [1.29, 1.82) is 0 Å². The molecule has 3 rings (SSSR count). The number of anilines is 1. The van der Waals surface area contributed by atoms with Gasteiger partial charge in [-0.1, -0.05) is 0 Å². The van der Waals surface area contributed by atoms with E-state index in [-0.39, 0.29) is 11.4 Å². The van der Waals surface area contributed by atoms with E-state index in [1.54, 1.807) is 0 Å². The van der Waals surface area contributed by atoms with Crippen LogP contribution >= 0.6 is 0 Å². The van der Waals surface area contributed by atoms with Gasteiger partial charge in [-0.05, 0) is 42.5 Å². The van der Waals surface area contributed by atoms with Gasteiger partial charge in [-0.2, -0.15) is 13.2 Å². The average Bonchev–Trinajstić information content (AvgIpc) is 2.69. The van der Waals surface area contributed by atoms with Crippen LogP contribution in [0.5, 0.6) is 11.5 Å². The van der Waals surface area contributed by atoms with Crippen molar-refractivity contribution < 1.29 is 36.3 Å². The molecule has 160 valence electrons. The average molecular weight is 437 g/mol. The minimum atomic E-state index is -4.77. The standard InChI is InChI=1S/C20H12F5N3O3/c21-11-2-4-17(14(22)8-11)31-16-3-1-10(20(23,24)25)7-13(16)19(30)28-12-5-6-27-15(9-12)18(26)29/h1-9H,(H2,26,29)(H,27,28,30). The van der Waals surface area contributed by atoms with Gasteiger partial charge < -0.3 is 15.8 Å². The molecule has 0 unspecified atom stereocenters. The largest absolute Gasteiger partial charge is 0.453 e. The first-order valence-electron chi connectivity index (χ1n) is 8.46. The Morgan fingerprint density at radius 1 is 0.968 bits per heavy atom. The smallest absolute Gasteiger partial charge is 0.416 e. The number of nitrogens with two attached hydrogens (primary N) is 1. The van der Waals surface area contributed by atoms with E-state index in [2.05, 4.69) is 10.3 Å². The van der Waals surface area contributed by atoms with E-state index in [1.165, 1.54) is 6.07 Å². The van der Waals surface area contributed by atoms with Gasteiger partial charge in [-0.3, -0.25) is 14.6 Å². The topological polar surface area (TPSA) is 94.3 Å². The van der Waals surface area contributed by atoms with Crippen LogP contribution in [0.3, 0.4) is 0 Å². The van der Waals surface area contributed by atoms with Gasteiger partial charge in [0, 0.05) is 18.0 Å². The van der Waals surface area contributed by atoms with Crippen molar-refractivity contribution in [1.82, 2.24) is 4.98 Å². The minimum Gasteiger partial charge on any atom is -0.453 e. The molecule has 0 aliphatic heterocycles. The van der Waals surface area contributed by atoms with E-state index in [9.17, 15) is 31.5 Å². The molecule has 2 amide bonds. The molecule has 6 nitrogen and oxygen atoms in total. The maximum Gasteiger partial charge on any atom is 0.416 e. The summed E-state index contributed by atoms with van der Waals surface area (Å²) in [6, 6.07) is 6.71. The Labute approximate surface area is 171 Å². The number of hydrogen-bond donors (Lipinski definition) is 2. The van der Waals surface area contributed by atoms with Gasteiger partial charge in [0.25, 0.3) is 11.8 Å². The minimum absolute atomic E-state index is 0.0186. The number of halogens is 5. The Kier molecular flexibility index (Phi) is 5.86. The van der Waals surface area contributed by atoms with Gasteiger partial charge in [-0.15, -0.1) is 0 Å². The highest BCUT2D eigenvalue weighted by atomic mass is 19.4. The van der Waals surface area contributed by atoms with Crippen LogP contribution in [-0.4, -0.2) is 16.8 Å². The van der Waals surface area contributed by atoms with Crippen LogP contribution in [0, 0.1) is 11.6 Å². The van der Waals surface area contributed by atoms with Crippen LogP contribution in [0.2, 0.25) is 0 Å². The second-order valence-corrected chi connectivity index (χ2v) is 6.13. The summed E-state index contributed by atoms with van der Waals surface area (Å²) in [6.45, 7) is 0. The summed E-state index contributed by atoms with van der Waals surface area (Å²) in [5, 5.41) is 2.29. The van der Waals surface area contributed by atoms with Gasteiger partial charge in [0.1, 0.15) is 17.3 Å². The van der Waals surface area contributed by atoms with Crippen LogP contribution < -0.4 is 15.8 Å². The number of pyridine rings is 1. The number of amides is 2. The van der Waals surface area contributed by atoms with Gasteiger partial charge in [-0.25, -0.2) is 8.78 Å². The molecule has 1 heterocycles. The van der Waals surface area contributed by atoms with E-state index in [1.807, 2.05) is 0 Å². The maximum absolute atomic E-state index is 13.9. The molecule has 11 heteroatoms. The van der Waals surface area contributed by atoms with Crippen LogP contribution in [0.4, 0.5) is 27.6 Å². The fourth-order valence-electron chi connectivity index (χ4n) is 2.49. The molecule has 0 saturated heterocycles. The van der Waals surface area contributed by atoms with Gasteiger partial charge in [0.2, 0.25) is 0 Å². The van der Waals surface area contributed by atoms with Crippen molar-refractivity contribution in [3.63, 3.8) is 0 Å². The third-order valence-electron chi connectivity index (χ3n) is 3.94. The Morgan fingerprint density at radius 3 is 2.32 bits per heavy atom. The van der Waals surface area contributed by atoms with Crippen molar-refractivity contribution in [3.8, 4) is 11.5 Å². The summed E-state index contributed by atoms with van der Waals surface area (Å²) < 4.78 is 71.6. The number of carbonyl (C=O) groups excluding carboxylic acids is 2. The zero-order valence-corrected chi connectivity index (χ0v) is 15.3. The summed E-state index contributed by atoms with van der Waals surface area (Å²) in [6.07, 6.45) is -3.61. The number of benzene rings is 2. The molecule has 0 saturated carbocycles. The lowest BCUT2D eigenvalue weighted by Crippen LogP contribution is -2.17. The third-order valence-corrected chi connectivity index (χ3v) is 3.94. The Morgan fingerprint density at radius 2 is 1.68 bits per heavy atom. The molecule has 0 bridgehead atoms. The summed E-state index contributed by atoms with van der Waals surface area (Å²) in [5.74, 6) is -4.86. The number of aromatic nitrogens is 1. The second-order valence-electron chi connectivity index (χ2n) is 6.13. The van der Waals surface area contributed by atoms with Crippen LogP contribution in [0.25, 0.3) is 0 Å². The summed E-state index contributed by atoms with van der Waals surface area (Å²) in [5.41, 5.74) is 3.19. The zero-order chi connectivity index (χ0) is 22.8. The molecule has 3 N–H and O–H groups in total. The number of carbonyl (C=O) groups is 2. The number of ether oxygens (including phenoxy) is 1. The molecule has 2 aromatic carbocycles. The van der Waals surface area contributed by atoms with E-state index < -0.39 is 52.3 Å². The second kappa shape index (κ2) is 8.38. The van der Waals surface area contributed by atoms with Crippen molar-refractivity contribution in [2.24, 2.45) is 5.73 Å². The van der Waals surface area contributed by atoms with Crippen molar-refractivity contribution >= 4 is 17.5 Å². The number of rotatable bonds is 5. The fraction of sp³-hybridized carbons (Fsp3) is 0.0500. The highest BCUT2D eigenvalue weighted by Gasteiger charge is 2.32. The van der Waals surface area contributed by atoms with Gasteiger partial charge in [0.15, 0.2) is 11.6 Å². The van der Waals surface area contributed by atoms with E-state index in [0.717, 1.165) is 30.5 Å². The first-order chi connectivity index (χ1) is 14.5. The molecule has 0 radical (unpaired) electrons. The predicted molar refractivity (Wildman–Crippen MR) is 98.6 cm³/mol. The Hall–Kier alpha value is -4.02. The Balaban J connectivity index is 2.00. The van der Waals surface area contributed by atoms with E-state index in [4.69, 9.17) is 10.5 Å². The zero-order valence-electron chi connectivity index (χ0n) is 15.3. The van der Waals surface area contributed by atoms with Crippen LogP contribution in [0.15, 0.2) is 54.7 Å². The highest BCUT2D eigenvalue weighted by Crippen LogP contribution is 2.35. The number of alkyl halides is 3. The summed E-state index contributed by atoms with van der Waals surface area (Å²) >= 11 is 0. The number of nitrogens with one attached hydrogen (secondary N) is 1. The van der Waals surface area contributed by atoms with Gasteiger partial charge >= 0.3 is 6.18 Å². The number of nitrogens with zero attached hydrogens (tertiary/aromatic N) is 1. The first-order valence-corrected chi connectivity index (χ1v) is 8.46. The number of primary amides is 1. The predicted octanol–water partition coefficient (Wildman–Crippen LogP) is 4.52. The van der Waals surface area contributed by atoms with Crippen molar-refractivity contribution in [2.75, 3.05) is 5.32 Å². The Bertz CT molecular complexity index is 1170. The van der Waals surface area contributed by atoms with E-state index in [0.29, 0.717) is 18.2 Å². The molecule has 3 aromatic rings. The fourth-order valence-corrected chi connectivity index (χ4v) is 2.49. The first kappa shape index (κ1) is 21.7. The monoisotopic (exact) mass is 437 g/mol. The van der Waals surface area contributed by atoms with Crippen molar-refractivity contribution in [2.45, 2.75) is 6.18 Å². The lowest BCUT2D eigenvalue weighted by molar-refractivity contribution is -0.137. The molecular weight excluding hydrogens is 425 g/mol. The molecule has 1 aromatic heterocycles.